The van der Waals surface area contributed by atoms with Gasteiger partial charge in [0.1, 0.15) is 11.3 Å². The number of ether oxygens (including phenoxy) is 1. The Hall–Kier alpha value is -2.43. The number of rotatable bonds is 5. The van der Waals surface area contributed by atoms with Crippen LogP contribution in [-0.2, 0) is 6.42 Å². The van der Waals surface area contributed by atoms with Gasteiger partial charge in [0.15, 0.2) is 0 Å². The quantitative estimate of drug-likeness (QED) is 0.905. The second kappa shape index (κ2) is 6.14. The van der Waals surface area contributed by atoms with Crippen LogP contribution in [0.15, 0.2) is 30.5 Å². The SMILES string of the molecule is Cc1cc(OCCc2ccccn2)c(C(=O)O)c(C)n1. The minimum atomic E-state index is -1.03. The lowest BCUT2D eigenvalue weighted by atomic mass is 10.1. The van der Waals surface area contributed by atoms with E-state index in [1.807, 2.05) is 25.1 Å². The van der Waals surface area contributed by atoms with E-state index in [0.717, 1.165) is 11.4 Å². The fraction of sp³-hybridized carbons (Fsp3) is 0.267. The number of nitrogens with zero attached hydrogens (tertiary/aromatic N) is 2. The number of aryl methyl sites for hydroxylation is 2. The number of hydrogen-bond acceptors (Lipinski definition) is 4. The molecule has 0 amide bonds. The Morgan fingerprint density at radius 2 is 2.15 bits per heavy atom. The maximum atomic E-state index is 11.3. The molecule has 2 aromatic rings. The first-order valence-corrected chi connectivity index (χ1v) is 6.32. The van der Waals surface area contributed by atoms with Gasteiger partial charge in [0.05, 0.1) is 12.3 Å². The molecule has 5 nitrogen and oxygen atoms in total. The maximum Gasteiger partial charge on any atom is 0.341 e. The molecule has 20 heavy (non-hydrogen) atoms. The van der Waals surface area contributed by atoms with Crippen LogP contribution in [0, 0.1) is 13.8 Å². The minimum Gasteiger partial charge on any atom is -0.492 e. The van der Waals surface area contributed by atoms with Gasteiger partial charge < -0.3 is 9.84 Å². The highest BCUT2D eigenvalue weighted by atomic mass is 16.5. The molecule has 0 saturated carbocycles. The first kappa shape index (κ1) is 14.0. The first-order valence-electron chi connectivity index (χ1n) is 6.32. The molecule has 0 fully saturated rings. The standard InChI is InChI=1S/C15H16N2O3/c1-10-9-13(14(15(18)19)11(2)17-10)20-8-6-12-5-3-4-7-16-12/h3-5,7,9H,6,8H2,1-2H3,(H,18,19). The Morgan fingerprint density at radius 1 is 1.35 bits per heavy atom. The Bertz CT molecular complexity index is 612. The molecule has 0 radical (unpaired) electrons. The van der Waals surface area contributed by atoms with E-state index in [4.69, 9.17) is 4.74 Å². The van der Waals surface area contributed by atoms with Gasteiger partial charge in [-0.15, -0.1) is 0 Å². The zero-order chi connectivity index (χ0) is 14.5. The van der Waals surface area contributed by atoms with Crippen molar-refractivity contribution < 1.29 is 14.6 Å². The molecule has 0 bridgehead atoms. The van der Waals surface area contributed by atoms with Gasteiger partial charge in [-0.25, -0.2) is 4.79 Å². The van der Waals surface area contributed by atoms with Crippen LogP contribution >= 0.6 is 0 Å². The molecule has 0 atom stereocenters. The lowest BCUT2D eigenvalue weighted by Gasteiger charge is -2.11. The molecular formula is C15H16N2O3. The fourth-order valence-corrected chi connectivity index (χ4v) is 1.98. The smallest absolute Gasteiger partial charge is 0.341 e. The van der Waals surface area contributed by atoms with E-state index in [2.05, 4.69) is 9.97 Å². The second-order valence-corrected chi connectivity index (χ2v) is 4.45. The average molecular weight is 272 g/mol. The molecule has 2 rings (SSSR count). The van der Waals surface area contributed by atoms with Gasteiger partial charge in [-0.3, -0.25) is 9.97 Å². The van der Waals surface area contributed by atoms with E-state index in [-0.39, 0.29) is 5.56 Å². The number of carboxylic acid groups (broad SMARTS) is 1. The van der Waals surface area contributed by atoms with Gasteiger partial charge in [0, 0.05) is 30.1 Å². The number of hydrogen-bond donors (Lipinski definition) is 1. The summed E-state index contributed by atoms with van der Waals surface area (Å²) >= 11 is 0. The largest absolute Gasteiger partial charge is 0.492 e. The molecule has 0 aliphatic carbocycles. The van der Waals surface area contributed by atoms with Crippen molar-refractivity contribution in [3.8, 4) is 5.75 Å². The van der Waals surface area contributed by atoms with Crippen molar-refractivity contribution in [2.24, 2.45) is 0 Å². The molecule has 2 aromatic heterocycles. The predicted molar refractivity (Wildman–Crippen MR) is 74.1 cm³/mol. The Kier molecular flexibility index (Phi) is 4.30. The van der Waals surface area contributed by atoms with Crippen molar-refractivity contribution in [2.45, 2.75) is 20.3 Å². The van der Waals surface area contributed by atoms with Gasteiger partial charge in [-0.2, -0.15) is 0 Å². The van der Waals surface area contributed by atoms with E-state index in [0.29, 0.717) is 24.5 Å². The van der Waals surface area contributed by atoms with E-state index >= 15 is 0 Å². The third-order valence-electron chi connectivity index (χ3n) is 2.85. The van der Waals surface area contributed by atoms with Crippen molar-refractivity contribution in [1.82, 2.24) is 9.97 Å². The number of aromatic carboxylic acids is 1. The molecule has 0 aromatic carbocycles. The highest BCUT2D eigenvalue weighted by molar-refractivity contribution is 5.92. The van der Waals surface area contributed by atoms with Crippen LogP contribution in [-0.4, -0.2) is 27.7 Å². The number of carboxylic acids is 1. The molecule has 104 valence electrons. The van der Waals surface area contributed by atoms with Crippen LogP contribution in [0.2, 0.25) is 0 Å². The second-order valence-electron chi connectivity index (χ2n) is 4.45. The summed E-state index contributed by atoms with van der Waals surface area (Å²) in [5.74, 6) is -0.665. The molecule has 0 unspecified atom stereocenters. The summed E-state index contributed by atoms with van der Waals surface area (Å²) < 4.78 is 5.60. The summed E-state index contributed by atoms with van der Waals surface area (Å²) in [6.07, 6.45) is 2.35. The average Bonchev–Trinajstić information content (AvgIpc) is 2.38. The Labute approximate surface area is 117 Å². The van der Waals surface area contributed by atoms with Crippen molar-refractivity contribution in [3.63, 3.8) is 0 Å². The Morgan fingerprint density at radius 3 is 2.80 bits per heavy atom. The van der Waals surface area contributed by atoms with Gasteiger partial charge in [0.2, 0.25) is 0 Å². The van der Waals surface area contributed by atoms with E-state index in [1.54, 1.807) is 19.2 Å². The molecule has 2 heterocycles. The van der Waals surface area contributed by atoms with Gasteiger partial charge in [-0.05, 0) is 26.0 Å². The summed E-state index contributed by atoms with van der Waals surface area (Å²) in [5, 5.41) is 9.22. The first-order chi connectivity index (χ1) is 9.58. The third kappa shape index (κ3) is 3.32. The van der Waals surface area contributed by atoms with Gasteiger partial charge >= 0.3 is 5.97 Å². The van der Waals surface area contributed by atoms with Crippen LogP contribution in [0.4, 0.5) is 0 Å². The highest BCUT2D eigenvalue weighted by Gasteiger charge is 2.16. The monoisotopic (exact) mass is 272 g/mol. The summed E-state index contributed by atoms with van der Waals surface area (Å²) in [6.45, 7) is 3.85. The fourth-order valence-electron chi connectivity index (χ4n) is 1.98. The van der Waals surface area contributed by atoms with Crippen LogP contribution in [0.5, 0.6) is 5.75 Å². The maximum absolute atomic E-state index is 11.3. The van der Waals surface area contributed by atoms with Crippen molar-refractivity contribution in [2.75, 3.05) is 6.61 Å². The number of aromatic nitrogens is 2. The molecular weight excluding hydrogens is 256 g/mol. The van der Waals surface area contributed by atoms with Crippen LogP contribution in [0.3, 0.4) is 0 Å². The molecule has 0 spiro atoms. The highest BCUT2D eigenvalue weighted by Crippen LogP contribution is 2.22. The third-order valence-corrected chi connectivity index (χ3v) is 2.85. The molecule has 0 saturated heterocycles. The van der Waals surface area contributed by atoms with Crippen molar-refractivity contribution in [3.05, 3.63) is 53.1 Å². The van der Waals surface area contributed by atoms with E-state index in [1.165, 1.54) is 0 Å². The topological polar surface area (TPSA) is 72.3 Å². The molecule has 0 aliphatic heterocycles. The van der Waals surface area contributed by atoms with Gasteiger partial charge in [0.25, 0.3) is 0 Å². The minimum absolute atomic E-state index is 0.122. The molecule has 0 aliphatic rings. The Balaban J connectivity index is 2.11. The normalized spacial score (nSPS) is 10.3. The molecule has 5 heteroatoms. The zero-order valence-electron chi connectivity index (χ0n) is 11.5. The number of carbonyl (C=O) groups is 1. The van der Waals surface area contributed by atoms with Crippen LogP contribution in [0.25, 0.3) is 0 Å². The lowest BCUT2D eigenvalue weighted by Crippen LogP contribution is -2.10. The predicted octanol–water partition coefficient (Wildman–Crippen LogP) is 2.41. The zero-order valence-corrected chi connectivity index (χ0v) is 11.5. The summed E-state index contributed by atoms with van der Waals surface area (Å²) in [6, 6.07) is 7.31. The van der Waals surface area contributed by atoms with E-state index in [9.17, 15) is 9.90 Å². The van der Waals surface area contributed by atoms with Gasteiger partial charge in [-0.1, -0.05) is 6.07 Å². The molecule has 1 N–H and O–H groups in total. The summed E-state index contributed by atoms with van der Waals surface area (Å²) in [7, 11) is 0. The van der Waals surface area contributed by atoms with Crippen LogP contribution in [0.1, 0.15) is 27.4 Å². The summed E-state index contributed by atoms with van der Waals surface area (Å²) in [4.78, 5) is 19.6. The van der Waals surface area contributed by atoms with Crippen molar-refractivity contribution in [1.29, 1.82) is 0 Å². The lowest BCUT2D eigenvalue weighted by molar-refractivity contribution is 0.0691. The van der Waals surface area contributed by atoms with E-state index < -0.39 is 5.97 Å². The van der Waals surface area contributed by atoms with Crippen molar-refractivity contribution >= 4 is 5.97 Å². The van der Waals surface area contributed by atoms with Crippen LogP contribution < -0.4 is 4.74 Å². The summed E-state index contributed by atoms with van der Waals surface area (Å²) in [5.41, 5.74) is 2.23. The number of pyridine rings is 2.